The van der Waals surface area contributed by atoms with Gasteiger partial charge in [-0.05, 0) is 13.3 Å². The number of hydrogen-bond donors (Lipinski definition) is 8. The second-order valence-electron chi connectivity index (χ2n) is 6.10. The fraction of sp³-hybridized carbons (Fsp3) is 0.600. The van der Waals surface area contributed by atoms with Crippen LogP contribution in [0.4, 0.5) is 0 Å². The van der Waals surface area contributed by atoms with Crippen molar-refractivity contribution in [2.45, 2.75) is 50.4 Å². The normalized spacial score (nSPS) is 14.6. The summed E-state index contributed by atoms with van der Waals surface area (Å²) in [7, 11) is 0. The Morgan fingerprint density at radius 2 is 1.34 bits per heavy atom. The molecule has 14 nitrogen and oxygen atoms in total. The Balaban J connectivity index is 5.16. The third-order valence-electron chi connectivity index (χ3n) is 3.53. The first kappa shape index (κ1) is 25.7. The first-order chi connectivity index (χ1) is 13.4. The zero-order chi connectivity index (χ0) is 22.7. The number of aliphatic hydroxyl groups is 1. The lowest BCUT2D eigenvalue weighted by Crippen LogP contribution is -2.58. The van der Waals surface area contributed by atoms with Crippen molar-refractivity contribution in [3.8, 4) is 0 Å². The van der Waals surface area contributed by atoms with Crippen LogP contribution in [-0.4, -0.2) is 81.7 Å². The summed E-state index contributed by atoms with van der Waals surface area (Å²) < 4.78 is 0. The molecule has 0 aromatic carbocycles. The molecule has 164 valence electrons. The fourth-order valence-electron chi connectivity index (χ4n) is 1.97. The molecular formula is C15H25N5O9. The summed E-state index contributed by atoms with van der Waals surface area (Å²) in [5.74, 6) is -6.74. The molecule has 0 radical (unpaired) electrons. The van der Waals surface area contributed by atoms with Gasteiger partial charge in [-0.15, -0.1) is 0 Å². The molecule has 0 saturated carbocycles. The Labute approximate surface area is 165 Å². The van der Waals surface area contributed by atoms with E-state index in [9.17, 15) is 33.9 Å². The van der Waals surface area contributed by atoms with Crippen LogP contribution in [0.2, 0.25) is 0 Å². The van der Waals surface area contributed by atoms with Crippen LogP contribution in [0.3, 0.4) is 0 Å². The smallest absolute Gasteiger partial charge is 0.326 e. The fourth-order valence-corrected chi connectivity index (χ4v) is 1.97. The zero-order valence-electron chi connectivity index (χ0n) is 15.6. The monoisotopic (exact) mass is 419 g/mol. The molecule has 0 bridgehead atoms. The maximum absolute atomic E-state index is 12.2. The van der Waals surface area contributed by atoms with E-state index in [-0.39, 0.29) is 12.8 Å². The molecule has 0 aliphatic rings. The Morgan fingerprint density at radius 3 is 1.76 bits per heavy atom. The molecule has 4 amide bonds. The van der Waals surface area contributed by atoms with E-state index in [1.807, 2.05) is 10.6 Å². The van der Waals surface area contributed by atoms with E-state index in [2.05, 4.69) is 5.32 Å². The summed E-state index contributed by atoms with van der Waals surface area (Å²) in [5.41, 5.74) is 10.3. The number of carboxylic acid groups (broad SMARTS) is 2. The number of aliphatic carboxylic acids is 2. The lowest BCUT2D eigenvalue weighted by molar-refractivity contribution is -0.143. The van der Waals surface area contributed by atoms with Crippen LogP contribution < -0.4 is 27.4 Å². The lowest BCUT2D eigenvalue weighted by atomic mass is 10.1. The number of carboxylic acids is 2. The van der Waals surface area contributed by atoms with Gasteiger partial charge in [0.2, 0.25) is 23.6 Å². The molecule has 0 aromatic rings. The third-order valence-corrected chi connectivity index (χ3v) is 3.53. The summed E-state index contributed by atoms with van der Waals surface area (Å²) in [6.07, 6.45) is -1.49. The average Bonchev–Trinajstić information content (AvgIpc) is 2.60. The Hall–Kier alpha value is -3.26. The van der Waals surface area contributed by atoms with Gasteiger partial charge in [-0.1, -0.05) is 0 Å². The van der Waals surface area contributed by atoms with Crippen LogP contribution in [0, 0.1) is 0 Å². The molecule has 14 heteroatoms. The average molecular weight is 419 g/mol. The maximum Gasteiger partial charge on any atom is 0.326 e. The number of aliphatic hydroxyl groups excluding tert-OH is 1. The van der Waals surface area contributed by atoms with Crippen LogP contribution >= 0.6 is 0 Å². The highest BCUT2D eigenvalue weighted by Gasteiger charge is 2.30. The number of nitrogens with two attached hydrogens (primary N) is 2. The molecule has 4 unspecified atom stereocenters. The summed E-state index contributed by atoms with van der Waals surface area (Å²) >= 11 is 0. The Bertz CT molecular complexity index is 652. The molecule has 10 N–H and O–H groups in total. The van der Waals surface area contributed by atoms with Gasteiger partial charge < -0.3 is 42.7 Å². The van der Waals surface area contributed by atoms with Gasteiger partial charge in [0, 0.05) is 6.42 Å². The number of primary amides is 1. The third kappa shape index (κ3) is 10.0. The topological polar surface area (TPSA) is 251 Å². The summed E-state index contributed by atoms with van der Waals surface area (Å²) in [4.78, 5) is 68.9. The van der Waals surface area contributed by atoms with Crippen LogP contribution in [0.1, 0.15) is 26.2 Å². The zero-order valence-corrected chi connectivity index (χ0v) is 15.6. The van der Waals surface area contributed by atoms with Gasteiger partial charge in [0.25, 0.3) is 0 Å². The number of rotatable bonds is 13. The number of carbonyl (C=O) groups is 6. The predicted octanol–water partition coefficient (Wildman–Crippen LogP) is -4.39. The van der Waals surface area contributed by atoms with Gasteiger partial charge in [0.05, 0.1) is 19.1 Å². The van der Waals surface area contributed by atoms with Crippen molar-refractivity contribution < 1.29 is 44.1 Å². The number of carbonyl (C=O) groups excluding carboxylic acids is 4. The minimum atomic E-state index is -1.65. The molecule has 0 heterocycles. The van der Waals surface area contributed by atoms with Crippen molar-refractivity contribution in [2.24, 2.45) is 11.5 Å². The van der Waals surface area contributed by atoms with E-state index in [0.29, 0.717) is 0 Å². The van der Waals surface area contributed by atoms with Crippen LogP contribution in [-0.2, 0) is 28.8 Å². The maximum atomic E-state index is 12.2. The molecule has 0 saturated heterocycles. The van der Waals surface area contributed by atoms with Gasteiger partial charge in [0.15, 0.2) is 0 Å². The summed E-state index contributed by atoms with van der Waals surface area (Å²) in [6, 6.07) is -5.81. The van der Waals surface area contributed by atoms with Crippen molar-refractivity contribution >= 4 is 35.6 Å². The number of nitrogens with one attached hydrogen (secondary N) is 3. The van der Waals surface area contributed by atoms with Crippen LogP contribution in [0.15, 0.2) is 0 Å². The Kier molecular flexibility index (Phi) is 10.9. The van der Waals surface area contributed by atoms with Crippen molar-refractivity contribution in [3.63, 3.8) is 0 Å². The molecular weight excluding hydrogens is 394 g/mol. The van der Waals surface area contributed by atoms with E-state index in [4.69, 9.17) is 21.7 Å². The number of hydrogen-bond acceptors (Lipinski definition) is 8. The van der Waals surface area contributed by atoms with Gasteiger partial charge in [-0.2, -0.15) is 0 Å². The minimum Gasteiger partial charge on any atom is -0.481 e. The lowest BCUT2D eigenvalue weighted by Gasteiger charge is -2.23. The molecule has 29 heavy (non-hydrogen) atoms. The standard InChI is InChI=1S/C15H25N5O9/c1-6(16)12(25)19-8(4-11(23)24)13(26)20-9(5-21)14(27)18-7(15(28)29)2-3-10(17)22/h6-9,21H,2-5,16H2,1H3,(H2,17,22)(H,18,27)(H,19,25)(H,20,26)(H,23,24)(H,28,29). The van der Waals surface area contributed by atoms with Crippen LogP contribution in [0.5, 0.6) is 0 Å². The van der Waals surface area contributed by atoms with Crippen molar-refractivity contribution in [1.29, 1.82) is 0 Å². The highest BCUT2D eigenvalue weighted by Crippen LogP contribution is 2.00. The van der Waals surface area contributed by atoms with E-state index >= 15 is 0 Å². The second-order valence-corrected chi connectivity index (χ2v) is 6.10. The molecule has 4 atom stereocenters. The van der Waals surface area contributed by atoms with Gasteiger partial charge in [0.1, 0.15) is 18.1 Å². The SMILES string of the molecule is CC(N)C(=O)NC(CC(=O)O)C(=O)NC(CO)C(=O)NC(CCC(N)=O)C(=O)O. The Morgan fingerprint density at radius 1 is 0.862 bits per heavy atom. The molecule has 0 fully saturated rings. The summed E-state index contributed by atoms with van der Waals surface area (Å²) in [5, 5.41) is 33.4. The molecule has 0 rings (SSSR count). The van der Waals surface area contributed by atoms with Crippen molar-refractivity contribution in [3.05, 3.63) is 0 Å². The largest absolute Gasteiger partial charge is 0.481 e. The van der Waals surface area contributed by atoms with E-state index in [0.717, 1.165) is 0 Å². The summed E-state index contributed by atoms with van der Waals surface area (Å²) in [6.45, 7) is 0.341. The molecule has 0 spiro atoms. The van der Waals surface area contributed by atoms with Crippen molar-refractivity contribution in [2.75, 3.05) is 6.61 Å². The highest BCUT2D eigenvalue weighted by molar-refractivity contribution is 5.95. The van der Waals surface area contributed by atoms with E-state index < -0.39 is 72.8 Å². The quantitative estimate of drug-likeness (QED) is 0.142. The first-order valence-corrected chi connectivity index (χ1v) is 8.39. The van der Waals surface area contributed by atoms with Gasteiger partial charge in [-0.25, -0.2) is 4.79 Å². The second kappa shape index (κ2) is 12.2. The molecule has 0 aromatic heterocycles. The van der Waals surface area contributed by atoms with Crippen molar-refractivity contribution in [1.82, 2.24) is 16.0 Å². The number of amides is 4. The van der Waals surface area contributed by atoms with E-state index in [1.165, 1.54) is 6.92 Å². The van der Waals surface area contributed by atoms with Gasteiger partial charge >= 0.3 is 11.9 Å². The van der Waals surface area contributed by atoms with E-state index in [1.54, 1.807) is 0 Å². The predicted molar refractivity (Wildman–Crippen MR) is 94.8 cm³/mol. The van der Waals surface area contributed by atoms with Crippen LogP contribution in [0.25, 0.3) is 0 Å². The van der Waals surface area contributed by atoms with Gasteiger partial charge in [-0.3, -0.25) is 24.0 Å². The first-order valence-electron chi connectivity index (χ1n) is 8.39. The molecule has 0 aliphatic carbocycles. The highest BCUT2D eigenvalue weighted by atomic mass is 16.4. The molecule has 0 aliphatic heterocycles. The minimum absolute atomic E-state index is 0.325.